The van der Waals surface area contributed by atoms with Crippen LogP contribution in [0.25, 0.3) is 0 Å². The minimum absolute atomic E-state index is 0.00248. The topological polar surface area (TPSA) is 110 Å². The second kappa shape index (κ2) is 8.85. The summed E-state index contributed by atoms with van der Waals surface area (Å²) in [6.07, 6.45) is 1.27. The highest BCUT2D eigenvalue weighted by molar-refractivity contribution is 5.95. The lowest BCUT2D eigenvalue weighted by Gasteiger charge is -2.31. The number of amides is 1. The van der Waals surface area contributed by atoms with E-state index < -0.39 is 0 Å². The van der Waals surface area contributed by atoms with Crippen molar-refractivity contribution in [1.29, 1.82) is 5.41 Å². The molecule has 8 nitrogen and oxygen atoms in total. The van der Waals surface area contributed by atoms with Crippen LogP contribution >= 0.6 is 0 Å². The van der Waals surface area contributed by atoms with Crippen LogP contribution in [0.3, 0.4) is 0 Å². The second-order valence-electron chi connectivity index (χ2n) is 7.86. The molecule has 8 heteroatoms. The summed E-state index contributed by atoms with van der Waals surface area (Å²) in [7, 11) is 3.24. The minimum atomic E-state index is -0.275. The van der Waals surface area contributed by atoms with Crippen LogP contribution in [0.1, 0.15) is 23.1 Å². The zero-order valence-electron chi connectivity index (χ0n) is 17.8. The third kappa shape index (κ3) is 4.44. The number of carbonyl (C=O) groups is 1. The highest BCUT2D eigenvalue weighted by Crippen LogP contribution is 2.33. The molecular formula is C23H28N4O4. The number of amidine groups is 1. The van der Waals surface area contributed by atoms with E-state index in [0.29, 0.717) is 48.9 Å². The average Bonchev–Trinajstić information content (AvgIpc) is 3.25. The van der Waals surface area contributed by atoms with Gasteiger partial charge in [0.05, 0.1) is 20.3 Å². The molecule has 0 spiro atoms. The largest absolute Gasteiger partial charge is 0.493 e. The number of methoxy groups -OCH3 is 2. The fourth-order valence-electron chi connectivity index (χ4n) is 4.20. The van der Waals surface area contributed by atoms with Gasteiger partial charge in [-0.3, -0.25) is 10.2 Å². The molecule has 1 amide bonds. The summed E-state index contributed by atoms with van der Waals surface area (Å²) in [5, 5.41) is 10.9. The Hall–Kier alpha value is -3.26. The number of hydrogen-bond donors (Lipinski definition) is 3. The van der Waals surface area contributed by atoms with Gasteiger partial charge in [-0.1, -0.05) is 12.1 Å². The zero-order chi connectivity index (χ0) is 22.0. The van der Waals surface area contributed by atoms with Crippen LogP contribution in [0, 0.1) is 5.41 Å². The molecule has 0 saturated carbocycles. The Morgan fingerprint density at radius 3 is 2.61 bits per heavy atom. The fraction of sp³-hybridized carbons (Fsp3) is 0.391. The van der Waals surface area contributed by atoms with Crippen LogP contribution in [0.15, 0.2) is 36.4 Å². The molecule has 2 atom stereocenters. The number of nitrogen functional groups attached to an aromatic ring is 1. The normalized spacial score (nSPS) is 20.1. The summed E-state index contributed by atoms with van der Waals surface area (Å²) in [6.45, 7) is 1.82. The number of nitrogens with one attached hydrogen (secondary N) is 2. The van der Waals surface area contributed by atoms with Gasteiger partial charge in [-0.05, 0) is 41.8 Å². The Morgan fingerprint density at radius 2 is 1.90 bits per heavy atom. The predicted molar refractivity (Wildman–Crippen MR) is 117 cm³/mol. The van der Waals surface area contributed by atoms with Crippen LogP contribution in [0.2, 0.25) is 0 Å². The number of ether oxygens (including phenoxy) is 3. The number of benzene rings is 2. The van der Waals surface area contributed by atoms with Crippen molar-refractivity contribution < 1.29 is 19.0 Å². The summed E-state index contributed by atoms with van der Waals surface area (Å²) in [4.78, 5) is 15.0. The van der Waals surface area contributed by atoms with Gasteiger partial charge in [0.1, 0.15) is 17.7 Å². The lowest BCUT2D eigenvalue weighted by Crippen LogP contribution is -2.45. The van der Waals surface area contributed by atoms with Crippen LogP contribution in [-0.2, 0) is 17.8 Å². The van der Waals surface area contributed by atoms with Crippen molar-refractivity contribution in [2.75, 3.05) is 27.3 Å². The zero-order valence-corrected chi connectivity index (χ0v) is 17.8. The van der Waals surface area contributed by atoms with Crippen LogP contribution in [0.4, 0.5) is 0 Å². The van der Waals surface area contributed by atoms with Gasteiger partial charge in [0, 0.05) is 31.6 Å². The van der Waals surface area contributed by atoms with E-state index >= 15 is 0 Å². The molecule has 4 rings (SSSR count). The van der Waals surface area contributed by atoms with E-state index in [4.69, 9.17) is 25.4 Å². The van der Waals surface area contributed by atoms with E-state index in [1.807, 2.05) is 29.2 Å². The Labute approximate surface area is 181 Å². The Morgan fingerprint density at radius 1 is 1.16 bits per heavy atom. The number of nitrogens with zero attached hydrogens (tertiary/aromatic N) is 1. The Kier molecular flexibility index (Phi) is 5.99. The van der Waals surface area contributed by atoms with Crippen molar-refractivity contribution in [3.63, 3.8) is 0 Å². The summed E-state index contributed by atoms with van der Waals surface area (Å²) in [5.74, 6) is 2.13. The van der Waals surface area contributed by atoms with Crippen molar-refractivity contribution in [3.05, 3.63) is 53.1 Å². The Bertz CT molecular complexity index is 994. The first-order chi connectivity index (χ1) is 15.0. The molecule has 164 valence electrons. The number of hydrogen-bond acceptors (Lipinski definition) is 6. The number of nitrogens with two attached hydrogens (primary N) is 1. The quantitative estimate of drug-likeness (QED) is 0.481. The maximum atomic E-state index is 13.1. The fourth-order valence-corrected chi connectivity index (χ4v) is 4.20. The molecule has 2 unspecified atom stereocenters. The standard InChI is InChI=1S/C23H28N4O4/c1-29-20-9-14-6-7-27(13-16(14)10-21(20)30-2)23(28)19-11-18(12-26-19)31-17-5-3-4-15(8-17)22(24)25/h3-5,8-10,18-19,26H,6-7,11-13H2,1-2H3,(H3,24,25). The third-order valence-corrected chi connectivity index (χ3v) is 5.87. The summed E-state index contributed by atoms with van der Waals surface area (Å²) in [5.41, 5.74) is 8.45. The maximum absolute atomic E-state index is 13.1. The van der Waals surface area contributed by atoms with Crippen molar-refractivity contribution in [1.82, 2.24) is 10.2 Å². The van der Waals surface area contributed by atoms with Gasteiger partial charge in [-0.15, -0.1) is 0 Å². The van der Waals surface area contributed by atoms with Crippen molar-refractivity contribution in [2.45, 2.75) is 31.5 Å². The smallest absolute Gasteiger partial charge is 0.240 e. The van der Waals surface area contributed by atoms with Crippen molar-refractivity contribution >= 4 is 11.7 Å². The SMILES string of the molecule is COc1cc2c(cc1OC)CN(C(=O)C1CC(Oc3cccc(C(=N)N)c3)CN1)CC2. The van der Waals surface area contributed by atoms with E-state index in [1.54, 1.807) is 26.4 Å². The summed E-state index contributed by atoms with van der Waals surface area (Å²) in [6, 6.07) is 10.9. The maximum Gasteiger partial charge on any atom is 0.240 e. The van der Waals surface area contributed by atoms with Crippen LogP contribution < -0.4 is 25.3 Å². The summed E-state index contributed by atoms with van der Waals surface area (Å²) < 4.78 is 16.8. The molecule has 4 N–H and O–H groups in total. The molecule has 0 aliphatic carbocycles. The first kappa shape index (κ1) is 21.0. The number of carbonyl (C=O) groups excluding carboxylic acids is 1. The van der Waals surface area contributed by atoms with Crippen molar-refractivity contribution in [2.24, 2.45) is 5.73 Å². The molecule has 2 aliphatic rings. The third-order valence-electron chi connectivity index (χ3n) is 5.87. The highest BCUT2D eigenvalue weighted by atomic mass is 16.5. The van der Waals surface area contributed by atoms with Gasteiger partial charge >= 0.3 is 0 Å². The first-order valence-corrected chi connectivity index (χ1v) is 10.4. The number of rotatable bonds is 6. The van der Waals surface area contributed by atoms with E-state index in [-0.39, 0.29) is 23.9 Å². The summed E-state index contributed by atoms with van der Waals surface area (Å²) >= 11 is 0. The molecular weight excluding hydrogens is 396 g/mol. The molecule has 0 radical (unpaired) electrons. The predicted octanol–water partition coefficient (Wildman–Crippen LogP) is 1.68. The van der Waals surface area contributed by atoms with Gasteiger partial charge in [-0.2, -0.15) is 0 Å². The molecule has 2 aromatic rings. The molecule has 31 heavy (non-hydrogen) atoms. The highest BCUT2D eigenvalue weighted by Gasteiger charge is 2.34. The molecule has 0 aromatic heterocycles. The average molecular weight is 425 g/mol. The first-order valence-electron chi connectivity index (χ1n) is 10.4. The number of fused-ring (bicyclic) bond motifs is 1. The molecule has 2 aliphatic heterocycles. The molecule has 1 fully saturated rings. The monoisotopic (exact) mass is 424 g/mol. The second-order valence-corrected chi connectivity index (χ2v) is 7.86. The van der Waals surface area contributed by atoms with E-state index in [0.717, 1.165) is 12.0 Å². The Balaban J connectivity index is 1.39. The van der Waals surface area contributed by atoms with Gasteiger partial charge < -0.3 is 30.2 Å². The molecule has 0 bridgehead atoms. The van der Waals surface area contributed by atoms with Gasteiger partial charge in [0.15, 0.2) is 11.5 Å². The van der Waals surface area contributed by atoms with Crippen LogP contribution in [0.5, 0.6) is 17.2 Å². The van der Waals surface area contributed by atoms with E-state index in [2.05, 4.69) is 5.32 Å². The van der Waals surface area contributed by atoms with E-state index in [9.17, 15) is 4.79 Å². The van der Waals surface area contributed by atoms with Crippen molar-refractivity contribution in [3.8, 4) is 17.2 Å². The molecule has 1 saturated heterocycles. The van der Waals surface area contributed by atoms with E-state index in [1.165, 1.54) is 5.56 Å². The minimum Gasteiger partial charge on any atom is -0.493 e. The van der Waals surface area contributed by atoms with Gasteiger partial charge in [0.25, 0.3) is 0 Å². The lowest BCUT2D eigenvalue weighted by molar-refractivity contribution is -0.134. The van der Waals surface area contributed by atoms with Gasteiger partial charge in [-0.25, -0.2) is 0 Å². The molecule has 2 heterocycles. The molecule has 2 aromatic carbocycles. The van der Waals surface area contributed by atoms with Gasteiger partial charge in [0.2, 0.25) is 5.91 Å². The lowest BCUT2D eigenvalue weighted by atomic mass is 9.98. The van der Waals surface area contributed by atoms with Crippen LogP contribution in [-0.4, -0.2) is 56.1 Å².